The lowest BCUT2D eigenvalue weighted by molar-refractivity contribution is -0.152. The second-order valence-electron chi connectivity index (χ2n) is 10.8. The molecular weight excluding hydrogens is 482 g/mol. The number of methoxy groups -OCH3 is 1. The van der Waals surface area contributed by atoms with Crippen LogP contribution in [0.1, 0.15) is 43.7 Å². The predicted octanol–water partition coefficient (Wildman–Crippen LogP) is 2.88. The molecule has 3 fully saturated rings. The van der Waals surface area contributed by atoms with Gasteiger partial charge in [-0.15, -0.1) is 0 Å². The smallest absolute Gasteiger partial charge is 0.275 e. The Morgan fingerprint density at radius 2 is 1.84 bits per heavy atom. The van der Waals surface area contributed by atoms with E-state index in [1.54, 1.807) is 25.4 Å². The molecule has 0 radical (unpaired) electrons. The minimum Gasteiger partial charge on any atom is -0.497 e. The van der Waals surface area contributed by atoms with Gasteiger partial charge in [0.25, 0.3) is 11.5 Å². The molecule has 3 aliphatic rings. The van der Waals surface area contributed by atoms with Crippen LogP contribution in [0.5, 0.6) is 5.75 Å². The number of rotatable bonds is 5. The Bertz CT molecular complexity index is 1420. The van der Waals surface area contributed by atoms with Crippen LogP contribution in [0.15, 0.2) is 53.5 Å². The number of imide groups is 1. The van der Waals surface area contributed by atoms with Crippen LogP contribution in [0.2, 0.25) is 0 Å². The number of carbonyl (C=O) groups excluding carboxylic acids is 2. The van der Waals surface area contributed by atoms with Crippen LogP contribution < -0.4 is 20.5 Å². The van der Waals surface area contributed by atoms with E-state index in [0.29, 0.717) is 16.6 Å². The van der Waals surface area contributed by atoms with Crippen molar-refractivity contribution in [2.45, 2.75) is 44.7 Å². The van der Waals surface area contributed by atoms with E-state index in [9.17, 15) is 14.4 Å². The Hall–Kier alpha value is -3.72. The Morgan fingerprint density at radius 1 is 1.05 bits per heavy atom. The first-order valence-corrected chi connectivity index (χ1v) is 13.4. The van der Waals surface area contributed by atoms with E-state index >= 15 is 0 Å². The number of fused-ring (bicyclic) bond motifs is 1. The summed E-state index contributed by atoms with van der Waals surface area (Å²) < 4.78 is 6.47. The number of hydrogen-bond acceptors (Lipinski definition) is 7. The van der Waals surface area contributed by atoms with Crippen LogP contribution in [-0.2, 0) is 16.1 Å². The third kappa shape index (κ3) is 4.45. The van der Waals surface area contributed by atoms with Crippen molar-refractivity contribution in [3.8, 4) is 5.75 Å². The number of anilines is 1. The maximum absolute atomic E-state index is 13.6. The van der Waals surface area contributed by atoms with Crippen molar-refractivity contribution >= 4 is 28.3 Å². The molecule has 1 N–H and O–H groups in total. The van der Waals surface area contributed by atoms with E-state index in [4.69, 9.17) is 4.74 Å². The summed E-state index contributed by atoms with van der Waals surface area (Å²) in [6.45, 7) is 4.29. The molecule has 0 bridgehead atoms. The molecule has 6 rings (SSSR count). The predicted molar refractivity (Wildman–Crippen MR) is 144 cm³/mol. The zero-order valence-electron chi connectivity index (χ0n) is 21.7. The van der Waals surface area contributed by atoms with Gasteiger partial charge in [-0.3, -0.25) is 19.3 Å². The average Bonchev–Trinajstić information content (AvgIpc) is 3.40. The molecule has 1 unspecified atom stereocenters. The fourth-order valence-corrected chi connectivity index (χ4v) is 6.15. The lowest BCUT2D eigenvalue weighted by atomic mass is 9.78. The SMILES string of the molecule is COc1ccc(CN2C(=O)CCC(n3ncc4ccc(N5CCC6(CCNC6)CC5)cc4c3=O)C2=O)cc1. The summed E-state index contributed by atoms with van der Waals surface area (Å²) in [4.78, 5) is 43.4. The van der Waals surface area contributed by atoms with E-state index in [0.717, 1.165) is 55.7 Å². The van der Waals surface area contributed by atoms with Crippen molar-refractivity contribution in [1.82, 2.24) is 20.0 Å². The van der Waals surface area contributed by atoms with Gasteiger partial charge in [-0.05, 0) is 67.5 Å². The normalized spacial score (nSPS) is 21.4. The highest BCUT2D eigenvalue weighted by molar-refractivity contribution is 5.99. The maximum Gasteiger partial charge on any atom is 0.275 e. The number of benzene rings is 2. The molecule has 1 spiro atoms. The molecule has 0 saturated carbocycles. The summed E-state index contributed by atoms with van der Waals surface area (Å²) >= 11 is 0. The van der Waals surface area contributed by atoms with Crippen molar-refractivity contribution in [3.63, 3.8) is 0 Å². The second-order valence-corrected chi connectivity index (χ2v) is 10.8. The minimum absolute atomic E-state index is 0.149. The number of nitrogens with one attached hydrogen (secondary N) is 1. The molecule has 3 aromatic rings. The molecule has 3 saturated heterocycles. The molecule has 9 nitrogen and oxygen atoms in total. The van der Waals surface area contributed by atoms with Crippen LogP contribution in [0.4, 0.5) is 5.69 Å². The third-order valence-corrected chi connectivity index (χ3v) is 8.60. The van der Waals surface area contributed by atoms with E-state index in [2.05, 4.69) is 21.4 Å². The topological polar surface area (TPSA) is 96.8 Å². The largest absolute Gasteiger partial charge is 0.497 e. The lowest BCUT2D eigenvalue weighted by Gasteiger charge is -2.40. The summed E-state index contributed by atoms with van der Waals surface area (Å²) in [5.41, 5.74) is 1.96. The van der Waals surface area contributed by atoms with E-state index in [-0.39, 0.29) is 30.9 Å². The lowest BCUT2D eigenvalue weighted by Crippen LogP contribution is -2.47. The van der Waals surface area contributed by atoms with Gasteiger partial charge in [0.05, 0.1) is 25.2 Å². The number of nitrogens with zero attached hydrogens (tertiary/aromatic N) is 4. The number of aromatic nitrogens is 2. The molecule has 38 heavy (non-hydrogen) atoms. The van der Waals surface area contributed by atoms with Gasteiger partial charge >= 0.3 is 0 Å². The number of ether oxygens (including phenoxy) is 1. The molecule has 0 aliphatic carbocycles. The van der Waals surface area contributed by atoms with Gasteiger partial charge < -0.3 is 15.0 Å². The molecule has 4 heterocycles. The zero-order valence-corrected chi connectivity index (χ0v) is 21.7. The summed E-state index contributed by atoms with van der Waals surface area (Å²) in [5.74, 6) is 0.0704. The standard InChI is InChI=1S/C29H33N5O4/c1-38-23-6-2-20(3-7-23)18-33-26(35)9-8-25(28(33)37)34-27(36)24-16-22(5-4-21(24)17-31-34)32-14-11-29(12-15-32)10-13-30-19-29/h2-7,16-17,25,30H,8-15,18-19H2,1H3. The number of hydrogen-bond donors (Lipinski definition) is 1. The molecule has 3 aliphatic heterocycles. The third-order valence-electron chi connectivity index (χ3n) is 8.60. The van der Waals surface area contributed by atoms with Crippen LogP contribution in [-0.4, -0.2) is 59.8 Å². The Kier molecular flexibility index (Phi) is 6.39. The molecule has 2 aromatic carbocycles. The molecular formula is C29H33N5O4. The van der Waals surface area contributed by atoms with Gasteiger partial charge in [0.1, 0.15) is 11.8 Å². The van der Waals surface area contributed by atoms with Gasteiger partial charge in [-0.1, -0.05) is 18.2 Å². The quantitative estimate of drug-likeness (QED) is 0.522. The highest BCUT2D eigenvalue weighted by atomic mass is 16.5. The molecule has 198 valence electrons. The van der Waals surface area contributed by atoms with Crippen molar-refractivity contribution < 1.29 is 14.3 Å². The Morgan fingerprint density at radius 3 is 2.55 bits per heavy atom. The van der Waals surface area contributed by atoms with Crippen LogP contribution in [0.25, 0.3) is 10.8 Å². The maximum atomic E-state index is 13.6. The molecule has 1 atom stereocenters. The summed E-state index contributed by atoms with van der Waals surface area (Å²) in [7, 11) is 1.59. The van der Waals surface area contributed by atoms with Crippen molar-refractivity contribution in [3.05, 3.63) is 64.6 Å². The van der Waals surface area contributed by atoms with Gasteiger partial charge in [-0.25, -0.2) is 4.68 Å². The second kappa shape index (κ2) is 9.87. The van der Waals surface area contributed by atoms with Gasteiger partial charge in [0.2, 0.25) is 5.91 Å². The number of piperidine rings is 2. The Labute approximate surface area is 221 Å². The molecule has 1 aromatic heterocycles. The van der Waals surface area contributed by atoms with Crippen molar-refractivity contribution in [2.75, 3.05) is 38.2 Å². The first-order chi connectivity index (χ1) is 18.5. The first-order valence-electron chi connectivity index (χ1n) is 13.4. The summed E-state index contributed by atoms with van der Waals surface area (Å²) in [6, 6.07) is 12.4. The van der Waals surface area contributed by atoms with E-state index in [1.165, 1.54) is 16.0 Å². The highest BCUT2D eigenvalue weighted by Gasteiger charge is 2.38. The number of likely N-dealkylation sites (tertiary alicyclic amines) is 1. The van der Waals surface area contributed by atoms with E-state index < -0.39 is 11.9 Å². The van der Waals surface area contributed by atoms with Crippen LogP contribution in [0.3, 0.4) is 0 Å². The first kappa shape index (κ1) is 24.6. The van der Waals surface area contributed by atoms with Gasteiger partial charge in [-0.2, -0.15) is 5.10 Å². The minimum atomic E-state index is -0.809. The monoisotopic (exact) mass is 515 g/mol. The van der Waals surface area contributed by atoms with E-state index in [1.807, 2.05) is 24.3 Å². The molecule has 2 amide bonds. The fourth-order valence-electron chi connectivity index (χ4n) is 6.15. The zero-order chi connectivity index (χ0) is 26.3. The summed E-state index contributed by atoms with van der Waals surface area (Å²) in [5, 5.41) is 9.17. The molecule has 9 heteroatoms. The number of carbonyl (C=O) groups is 2. The van der Waals surface area contributed by atoms with Gasteiger partial charge in [0, 0.05) is 37.1 Å². The van der Waals surface area contributed by atoms with Crippen LogP contribution >= 0.6 is 0 Å². The summed E-state index contributed by atoms with van der Waals surface area (Å²) in [6.07, 6.45) is 5.62. The number of amides is 2. The Balaban J connectivity index is 1.25. The van der Waals surface area contributed by atoms with Crippen molar-refractivity contribution in [1.29, 1.82) is 0 Å². The van der Waals surface area contributed by atoms with Crippen LogP contribution in [0, 0.1) is 5.41 Å². The fraction of sp³-hybridized carbons (Fsp3) is 0.448. The van der Waals surface area contributed by atoms with Gasteiger partial charge in [0.15, 0.2) is 0 Å². The highest BCUT2D eigenvalue weighted by Crippen LogP contribution is 2.38. The average molecular weight is 516 g/mol. The van der Waals surface area contributed by atoms with Crippen molar-refractivity contribution in [2.24, 2.45) is 5.41 Å².